The molecule has 0 unspecified atom stereocenters. The molecule has 2 aromatic rings. The van der Waals surface area contributed by atoms with E-state index >= 15 is 0 Å². The predicted molar refractivity (Wildman–Crippen MR) is 110 cm³/mol. The molecule has 27 heavy (non-hydrogen) atoms. The fraction of sp³-hybridized carbons (Fsp3) is 0.350. The number of nitrogens with zero attached hydrogens (tertiary/aromatic N) is 3. The predicted octanol–water partition coefficient (Wildman–Crippen LogP) is 3.79. The molecule has 0 bridgehead atoms. The minimum Gasteiger partial charge on any atom is -0.337 e. The van der Waals surface area contributed by atoms with Crippen molar-refractivity contribution in [3.63, 3.8) is 0 Å². The van der Waals surface area contributed by atoms with E-state index < -0.39 is 0 Å². The lowest BCUT2D eigenvalue weighted by Gasteiger charge is -2.28. The van der Waals surface area contributed by atoms with Crippen molar-refractivity contribution in [3.8, 4) is 0 Å². The SMILES string of the molecule is CC(C)N1C(=O)c2cccnc2Sc2cc(C(=O)N3CCSCC3)ccc21. The van der Waals surface area contributed by atoms with Gasteiger partial charge in [-0.3, -0.25) is 9.59 Å². The summed E-state index contributed by atoms with van der Waals surface area (Å²) in [6, 6.07) is 9.26. The van der Waals surface area contributed by atoms with Gasteiger partial charge in [-0.25, -0.2) is 4.98 Å². The molecule has 3 heterocycles. The Morgan fingerprint density at radius 2 is 1.96 bits per heavy atom. The number of rotatable bonds is 2. The Kier molecular flexibility index (Phi) is 5.14. The Balaban J connectivity index is 1.77. The monoisotopic (exact) mass is 399 g/mol. The van der Waals surface area contributed by atoms with Crippen molar-refractivity contribution >= 4 is 41.0 Å². The van der Waals surface area contributed by atoms with Crippen molar-refractivity contribution in [2.75, 3.05) is 29.5 Å². The third-order valence-corrected chi connectivity index (χ3v) is 6.72. The summed E-state index contributed by atoms with van der Waals surface area (Å²) < 4.78 is 0. The van der Waals surface area contributed by atoms with Gasteiger partial charge >= 0.3 is 0 Å². The third kappa shape index (κ3) is 3.46. The number of anilines is 1. The van der Waals surface area contributed by atoms with Gasteiger partial charge in [0.2, 0.25) is 0 Å². The lowest BCUT2D eigenvalue weighted by molar-refractivity contribution is 0.0772. The Labute approximate surface area is 167 Å². The van der Waals surface area contributed by atoms with Crippen molar-refractivity contribution < 1.29 is 9.59 Å². The molecule has 2 aliphatic heterocycles. The fourth-order valence-corrected chi connectivity index (χ4v) is 5.31. The second kappa shape index (κ2) is 7.56. The van der Waals surface area contributed by atoms with E-state index in [9.17, 15) is 9.59 Å². The summed E-state index contributed by atoms with van der Waals surface area (Å²) in [5, 5.41) is 0.686. The summed E-state index contributed by atoms with van der Waals surface area (Å²) in [5.41, 5.74) is 2.11. The molecule has 2 aliphatic rings. The second-order valence-electron chi connectivity index (χ2n) is 6.81. The van der Waals surface area contributed by atoms with E-state index in [0.717, 1.165) is 35.2 Å². The van der Waals surface area contributed by atoms with E-state index in [0.29, 0.717) is 16.2 Å². The standard InChI is InChI=1S/C20H21N3O2S2/c1-13(2)23-16-6-5-14(19(24)22-8-10-26-11-9-22)12-17(16)27-18-15(20(23)25)4-3-7-21-18/h3-7,12-13H,8-11H2,1-2H3. The summed E-state index contributed by atoms with van der Waals surface area (Å²) in [7, 11) is 0. The number of hydrogen-bond donors (Lipinski definition) is 0. The molecule has 0 aliphatic carbocycles. The van der Waals surface area contributed by atoms with Crippen LogP contribution < -0.4 is 4.90 Å². The summed E-state index contributed by atoms with van der Waals surface area (Å²) in [4.78, 5) is 35.0. The molecule has 1 aromatic carbocycles. The molecule has 1 aromatic heterocycles. The largest absolute Gasteiger partial charge is 0.337 e. The smallest absolute Gasteiger partial charge is 0.261 e. The van der Waals surface area contributed by atoms with Crippen molar-refractivity contribution in [3.05, 3.63) is 47.7 Å². The first kappa shape index (κ1) is 18.4. The van der Waals surface area contributed by atoms with Crippen LogP contribution >= 0.6 is 23.5 Å². The van der Waals surface area contributed by atoms with Gasteiger partial charge in [0, 0.05) is 47.3 Å². The maximum atomic E-state index is 13.1. The van der Waals surface area contributed by atoms with Crippen molar-refractivity contribution in [2.45, 2.75) is 29.8 Å². The molecule has 140 valence electrons. The normalized spacial score (nSPS) is 16.8. The molecule has 4 rings (SSSR count). The van der Waals surface area contributed by atoms with E-state index in [-0.39, 0.29) is 17.9 Å². The quantitative estimate of drug-likeness (QED) is 0.769. The van der Waals surface area contributed by atoms with Crippen LogP contribution in [0.4, 0.5) is 5.69 Å². The van der Waals surface area contributed by atoms with E-state index in [1.54, 1.807) is 17.2 Å². The Morgan fingerprint density at radius 3 is 2.70 bits per heavy atom. The van der Waals surface area contributed by atoms with Gasteiger partial charge in [0.05, 0.1) is 11.3 Å². The number of fused-ring (bicyclic) bond motifs is 2. The summed E-state index contributed by atoms with van der Waals surface area (Å²) in [6.07, 6.45) is 1.70. The average Bonchev–Trinajstić information content (AvgIpc) is 2.81. The molecule has 1 fully saturated rings. The van der Waals surface area contributed by atoms with Gasteiger partial charge in [0.1, 0.15) is 5.03 Å². The molecule has 0 atom stereocenters. The summed E-state index contributed by atoms with van der Waals surface area (Å²) in [6.45, 7) is 5.57. The van der Waals surface area contributed by atoms with Crippen LogP contribution in [0.1, 0.15) is 34.6 Å². The first-order valence-electron chi connectivity index (χ1n) is 9.04. The molecular weight excluding hydrogens is 378 g/mol. The minimum atomic E-state index is -0.0496. The fourth-order valence-electron chi connectivity index (χ4n) is 3.37. The van der Waals surface area contributed by atoms with Gasteiger partial charge in [0.15, 0.2) is 0 Å². The first-order chi connectivity index (χ1) is 13.1. The van der Waals surface area contributed by atoms with Gasteiger partial charge in [0.25, 0.3) is 11.8 Å². The van der Waals surface area contributed by atoms with E-state index in [2.05, 4.69) is 4.98 Å². The van der Waals surface area contributed by atoms with Gasteiger partial charge in [-0.05, 0) is 44.2 Å². The number of amides is 2. The Bertz CT molecular complexity index is 895. The summed E-state index contributed by atoms with van der Waals surface area (Å²) >= 11 is 3.34. The third-order valence-electron chi connectivity index (χ3n) is 4.71. The number of aromatic nitrogens is 1. The molecule has 0 saturated carbocycles. The van der Waals surface area contributed by atoms with Crippen LogP contribution in [0.3, 0.4) is 0 Å². The number of carbonyl (C=O) groups excluding carboxylic acids is 2. The van der Waals surface area contributed by atoms with Gasteiger partial charge in [-0.15, -0.1) is 0 Å². The van der Waals surface area contributed by atoms with Crippen LogP contribution in [0, 0.1) is 0 Å². The molecule has 0 N–H and O–H groups in total. The maximum Gasteiger partial charge on any atom is 0.261 e. The highest BCUT2D eigenvalue weighted by atomic mass is 32.2. The highest BCUT2D eigenvalue weighted by Crippen LogP contribution is 2.41. The molecular formula is C20H21N3O2S2. The minimum absolute atomic E-state index is 0.00340. The number of thioether (sulfide) groups is 1. The first-order valence-corrected chi connectivity index (χ1v) is 11.0. The van der Waals surface area contributed by atoms with Gasteiger partial charge in [-0.2, -0.15) is 11.8 Å². The number of benzene rings is 1. The summed E-state index contributed by atoms with van der Waals surface area (Å²) in [5.74, 6) is 1.98. The van der Waals surface area contributed by atoms with Crippen molar-refractivity contribution in [2.24, 2.45) is 0 Å². The Morgan fingerprint density at radius 1 is 1.19 bits per heavy atom. The second-order valence-corrected chi connectivity index (χ2v) is 9.07. The molecule has 7 heteroatoms. The maximum absolute atomic E-state index is 13.1. The van der Waals surface area contributed by atoms with Gasteiger partial charge < -0.3 is 9.80 Å². The van der Waals surface area contributed by atoms with Crippen LogP contribution in [0.25, 0.3) is 0 Å². The molecule has 5 nitrogen and oxygen atoms in total. The van der Waals surface area contributed by atoms with Gasteiger partial charge in [-0.1, -0.05) is 11.8 Å². The lowest BCUT2D eigenvalue weighted by atomic mass is 10.1. The Hall–Kier alpha value is -1.99. The highest BCUT2D eigenvalue weighted by molar-refractivity contribution is 7.99. The highest BCUT2D eigenvalue weighted by Gasteiger charge is 2.30. The zero-order valence-corrected chi connectivity index (χ0v) is 17.0. The molecule has 0 spiro atoms. The number of carbonyl (C=O) groups is 2. The van der Waals surface area contributed by atoms with Crippen LogP contribution in [0.5, 0.6) is 0 Å². The van der Waals surface area contributed by atoms with Crippen molar-refractivity contribution in [1.82, 2.24) is 9.88 Å². The molecule has 0 radical (unpaired) electrons. The van der Waals surface area contributed by atoms with Crippen molar-refractivity contribution in [1.29, 1.82) is 0 Å². The topological polar surface area (TPSA) is 53.5 Å². The van der Waals surface area contributed by atoms with Crippen LogP contribution in [0.2, 0.25) is 0 Å². The molecule has 1 saturated heterocycles. The number of pyridine rings is 1. The van der Waals surface area contributed by atoms with Crippen LogP contribution in [-0.2, 0) is 0 Å². The van der Waals surface area contributed by atoms with E-state index in [4.69, 9.17) is 0 Å². The van der Waals surface area contributed by atoms with E-state index in [1.807, 2.05) is 54.8 Å². The number of hydrogen-bond acceptors (Lipinski definition) is 5. The average molecular weight is 400 g/mol. The molecule has 2 amide bonds. The lowest BCUT2D eigenvalue weighted by Crippen LogP contribution is -2.38. The zero-order valence-electron chi connectivity index (χ0n) is 15.3. The van der Waals surface area contributed by atoms with E-state index in [1.165, 1.54) is 11.8 Å². The van der Waals surface area contributed by atoms with Crippen LogP contribution in [0.15, 0.2) is 46.5 Å². The van der Waals surface area contributed by atoms with Crippen LogP contribution in [-0.4, -0.2) is 52.3 Å². The zero-order chi connectivity index (χ0) is 19.0.